The van der Waals surface area contributed by atoms with E-state index in [1.54, 1.807) is 0 Å². The van der Waals surface area contributed by atoms with E-state index in [4.69, 9.17) is 0 Å². The summed E-state index contributed by atoms with van der Waals surface area (Å²) in [6, 6.07) is 11.2. The summed E-state index contributed by atoms with van der Waals surface area (Å²) < 4.78 is 38.9. The smallest absolute Gasteiger partial charge is 0.416 e. The topological polar surface area (TPSA) is 40.5 Å². The fraction of sp³-hybridized carbons (Fsp3) is 0.480. The number of carbonyl (C=O) groups is 1. The van der Waals surface area contributed by atoms with Gasteiger partial charge in [-0.25, -0.2) is 0 Å². The molecule has 2 aromatic rings. The van der Waals surface area contributed by atoms with E-state index in [0.717, 1.165) is 49.2 Å². The van der Waals surface area contributed by atoms with Gasteiger partial charge in [0.15, 0.2) is 0 Å². The summed E-state index contributed by atoms with van der Waals surface area (Å²) >= 11 is 0. The Hall–Kier alpha value is -2.50. The Labute approximate surface area is 181 Å². The number of carboxylic acid groups (broad SMARTS) is 1. The number of piperidine rings is 1. The number of anilines is 1. The first-order chi connectivity index (χ1) is 14.6. The third-order valence-electron chi connectivity index (χ3n) is 6.03. The number of halogens is 3. The molecule has 2 atom stereocenters. The summed E-state index contributed by atoms with van der Waals surface area (Å²) in [6.45, 7) is 7.03. The van der Waals surface area contributed by atoms with Crippen LogP contribution < -0.4 is 4.90 Å². The zero-order valence-corrected chi connectivity index (χ0v) is 18.2. The molecule has 3 rings (SSSR count). The van der Waals surface area contributed by atoms with E-state index in [1.807, 2.05) is 32.0 Å². The van der Waals surface area contributed by atoms with E-state index in [-0.39, 0.29) is 5.92 Å². The quantitative estimate of drug-likeness (QED) is 0.535. The molecule has 0 amide bonds. The van der Waals surface area contributed by atoms with Gasteiger partial charge in [0.25, 0.3) is 0 Å². The number of aliphatic carboxylic acids is 1. The lowest BCUT2D eigenvalue weighted by molar-refractivity contribution is -0.139. The summed E-state index contributed by atoms with van der Waals surface area (Å²) in [6.07, 6.45) is -0.595. The van der Waals surface area contributed by atoms with E-state index < -0.39 is 23.6 Å². The molecular formula is C25H30F3NO2. The Morgan fingerprint density at radius 1 is 1.10 bits per heavy atom. The summed E-state index contributed by atoms with van der Waals surface area (Å²) in [4.78, 5) is 14.3. The van der Waals surface area contributed by atoms with Crippen molar-refractivity contribution < 1.29 is 23.1 Å². The normalized spacial score (nSPS) is 18.3. The van der Waals surface area contributed by atoms with Crippen LogP contribution in [0, 0.1) is 5.92 Å². The number of rotatable bonds is 6. The van der Waals surface area contributed by atoms with Gasteiger partial charge in [0.1, 0.15) is 0 Å². The van der Waals surface area contributed by atoms with Crippen LogP contribution in [0.5, 0.6) is 0 Å². The van der Waals surface area contributed by atoms with Gasteiger partial charge in [-0.15, -0.1) is 0 Å². The van der Waals surface area contributed by atoms with Gasteiger partial charge in [-0.3, -0.25) is 4.79 Å². The molecule has 31 heavy (non-hydrogen) atoms. The van der Waals surface area contributed by atoms with Crippen LogP contribution in [0.25, 0.3) is 11.1 Å². The number of hydrogen-bond donors (Lipinski definition) is 1. The number of nitrogens with zero attached hydrogens (tertiary/aromatic N) is 1. The minimum Gasteiger partial charge on any atom is -0.481 e. The van der Waals surface area contributed by atoms with Crippen LogP contribution in [0.3, 0.4) is 0 Å². The second-order valence-corrected chi connectivity index (χ2v) is 8.95. The van der Waals surface area contributed by atoms with E-state index >= 15 is 0 Å². The molecule has 1 aliphatic heterocycles. The van der Waals surface area contributed by atoms with Crippen molar-refractivity contribution in [3.63, 3.8) is 0 Å². The van der Waals surface area contributed by atoms with Crippen LogP contribution in [0.15, 0.2) is 42.5 Å². The third-order valence-corrected chi connectivity index (χ3v) is 6.03. The summed E-state index contributed by atoms with van der Waals surface area (Å²) in [5, 5.41) is 9.88. The van der Waals surface area contributed by atoms with Crippen LogP contribution in [-0.4, -0.2) is 23.7 Å². The third kappa shape index (κ3) is 5.60. The van der Waals surface area contributed by atoms with Crippen molar-refractivity contribution in [1.82, 2.24) is 0 Å². The van der Waals surface area contributed by atoms with Crippen molar-refractivity contribution in [2.24, 2.45) is 5.92 Å². The number of alkyl halides is 3. The SMILES string of the molecule is CC(C)CC(C(=O)O)c1cc(-c2ccc(C(F)(F)F)cc2)cc(N2CCCCC2C)c1. The molecule has 0 bridgehead atoms. The lowest BCUT2D eigenvalue weighted by Crippen LogP contribution is -2.37. The maximum Gasteiger partial charge on any atom is 0.416 e. The highest BCUT2D eigenvalue weighted by Crippen LogP contribution is 2.36. The minimum atomic E-state index is -4.39. The van der Waals surface area contributed by atoms with Gasteiger partial charge in [-0.1, -0.05) is 32.0 Å². The predicted molar refractivity (Wildman–Crippen MR) is 117 cm³/mol. The van der Waals surface area contributed by atoms with Crippen molar-refractivity contribution in [3.05, 3.63) is 53.6 Å². The van der Waals surface area contributed by atoms with Gasteiger partial charge >= 0.3 is 12.1 Å². The highest BCUT2D eigenvalue weighted by atomic mass is 19.4. The first-order valence-electron chi connectivity index (χ1n) is 10.9. The molecule has 1 heterocycles. The molecular weight excluding hydrogens is 403 g/mol. The van der Waals surface area contributed by atoms with Crippen LogP contribution in [0.1, 0.15) is 63.5 Å². The maximum atomic E-state index is 13.0. The standard InChI is InChI=1S/C25H30F3NO2/c1-16(2)12-23(24(30)31)20-13-19(18-7-9-21(10-8-18)25(26,27)28)14-22(15-20)29-11-5-4-6-17(29)3/h7-10,13-17,23H,4-6,11-12H2,1-3H3,(H,30,31). The number of hydrogen-bond acceptors (Lipinski definition) is 2. The van der Waals surface area contributed by atoms with Gasteiger partial charge in [0, 0.05) is 18.3 Å². The first-order valence-corrected chi connectivity index (χ1v) is 10.9. The van der Waals surface area contributed by atoms with Crippen LogP contribution in [0.4, 0.5) is 18.9 Å². The highest BCUT2D eigenvalue weighted by Gasteiger charge is 2.30. The minimum absolute atomic E-state index is 0.202. The average molecular weight is 434 g/mol. The molecule has 6 heteroatoms. The molecule has 2 aromatic carbocycles. The molecule has 168 valence electrons. The van der Waals surface area contributed by atoms with E-state index in [0.29, 0.717) is 23.6 Å². The molecule has 0 saturated carbocycles. The Bertz CT molecular complexity index is 906. The second-order valence-electron chi connectivity index (χ2n) is 8.95. The summed E-state index contributed by atoms with van der Waals surface area (Å²) in [7, 11) is 0. The molecule has 1 fully saturated rings. The largest absolute Gasteiger partial charge is 0.481 e. The molecule has 3 nitrogen and oxygen atoms in total. The second kappa shape index (κ2) is 9.33. The summed E-state index contributed by atoms with van der Waals surface area (Å²) in [5.74, 6) is -1.34. The monoisotopic (exact) mass is 433 g/mol. The van der Waals surface area contributed by atoms with E-state index in [2.05, 4.69) is 11.8 Å². The number of carboxylic acids is 1. The molecule has 1 saturated heterocycles. The van der Waals surface area contributed by atoms with Crippen molar-refractivity contribution in [2.75, 3.05) is 11.4 Å². The molecule has 1 N–H and O–H groups in total. The fourth-order valence-electron chi connectivity index (χ4n) is 4.35. The highest BCUT2D eigenvalue weighted by molar-refractivity contribution is 5.79. The van der Waals surface area contributed by atoms with Crippen LogP contribution in [0.2, 0.25) is 0 Å². The molecule has 0 radical (unpaired) electrons. The lowest BCUT2D eigenvalue weighted by atomic mass is 9.87. The molecule has 0 spiro atoms. The van der Waals surface area contributed by atoms with Gasteiger partial charge < -0.3 is 10.0 Å². The average Bonchev–Trinajstić information content (AvgIpc) is 2.71. The maximum absolute atomic E-state index is 13.0. The van der Waals surface area contributed by atoms with Crippen molar-refractivity contribution >= 4 is 11.7 Å². The molecule has 0 aliphatic carbocycles. The van der Waals surface area contributed by atoms with Gasteiger partial charge in [-0.2, -0.15) is 13.2 Å². The fourth-order valence-corrected chi connectivity index (χ4v) is 4.35. The lowest BCUT2D eigenvalue weighted by Gasteiger charge is -2.36. The van der Waals surface area contributed by atoms with E-state index in [1.165, 1.54) is 12.1 Å². The van der Waals surface area contributed by atoms with Crippen LogP contribution >= 0.6 is 0 Å². The first kappa shape index (κ1) is 23.2. The Balaban J connectivity index is 2.09. The zero-order chi connectivity index (χ0) is 22.8. The van der Waals surface area contributed by atoms with Gasteiger partial charge in [0.2, 0.25) is 0 Å². The van der Waals surface area contributed by atoms with Crippen molar-refractivity contribution in [2.45, 2.75) is 64.6 Å². The van der Waals surface area contributed by atoms with Gasteiger partial charge in [0.05, 0.1) is 11.5 Å². The van der Waals surface area contributed by atoms with Crippen LogP contribution in [-0.2, 0) is 11.0 Å². The molecule has 0 aromatic heterocycles. The molecule has 2 unspecified atom stereocenters. The Kier molecular flexibility index (Phi) is 6.97. The molecule has 1 aliphatic rings. The van der Waals surface area contributed by atoms with Crippen molar-refractivity contribution in [3.8, 4) is 11.1 Å². The zero-order valence-electron chi connectivity index (χ0n) is 18.2. The van der Waals surface area contributed by atoms with Gasteiger partial charge in [-0.05, 0) is 79.5 Å². The predicted octanol–water partition coefficient (Wildman–Crippen LogP) is 6.97. The van der Waals surface area contributed by atoms with Crippen molar-refractivity contribution in [1.29, 1.82) is 0 Å². The number of benzene rings is 2. The summed E-state index contributed by atoms with van der Waals surface area (Å²) in [5.41, 5.74) is 2.34. The van der Waals surface area contributed by atoms with E-state index in [9.17, 15) is 23.1 Å². The Morgan fingerprint density at radius 2 is 1.77 bits per heavy atom. The Morgan fingerprint density at radius 3 is 2.32 bits per heavy atom.